The third-order valence-corrected chi connectivity index (χ3v) is 2.72. The van der Waals surface area contributed by atoms with Crippen LogP contribution in [-0.2, 0) is 0 Å². The average Bonchev–Trinajstić information content (AvgIpc) is 2.29. The van der Waals surface area contributed by atoms with Gasteiger partial charge in [-0.25, -0.2) is 0 Å². The van der Waals surface area contributed by atoms with Crippen molar-refractivity contribution in [3.05, 3.63) is 54.1 Å². The first-order chi connectivity index (χ1) is 7.31. The third-order valence-electron chi connectivity index (χ3n) is 2.72. The van der Waals surface area contributed by atoms with Gasteiger partial charge in [0.25, 0.3) is 0 Å². The van der Waals surface area contributed by atoms with Crippen LogP contribution in [0.2, 0.25) is 0 Å². The highest BCUT2D eigenvalue weighted by atomic mass is 14.0. The van der Waals surface area contributed by atoms with Gasteiger partial charge in [0, 0.05) is 0 Å². The van der Waals surface area contributed by atoms with Crippen molar-refractivity contribution in [3.8, 4) is 0 Å². The van der Waals surface area contributed by atoms with E-state index in [2.05, 4.69) is 62.4 Å². The van der Waals surface area contributed by atoms with Crippen molar-refractivity contribution in [2.24, 2.45) is 0 Å². The van der Waals surface area contributed by atoms with Gasteiger partial charge in [-0.15, -0.1) is 0 Å². The first-order valence-corrected chi connectivity index (χ1v) is 5.47. The van der Waals surface area contributed by atoms with Crippen LogP contribution >= 0.6 is 0 Å². The molecule has 0 atom stereocenters. The second-order valence-corrected chi connectivity index (χ2v) is 3.86. The molecule has 0 saturated heterocycles. The molecular weight excluding hydrogens is 180 g/mol. The molecule has 0 aliphatic heterocycles. The number of fused-ring (bicyclic) bond motifs is 1. The van der Waals surface area contributed by atoms with Crippen LogP contribution in [0.15, 0.2) is 48.5 Å². The van der Waals surface area contributed by atoms with E-state index < -0.39 is 0 Å². The fourth-order valence-electron chi connectivity index (χ4n) is 1.86. The monoisotopic (exact) mass is 196 g/mol. The van der Waals surface area contributed by atoms with E-state index in [9.17, 15) is 0 Å². The van der Waals surface area contributed by atoms with Gasteiger partial charge in [0.15, 0.2) is 0 Å². The molecule has 0 aromatic heterocycles. The minimum atomic E-state index is 1.10. The molecule has 0 aliphatic carbocycles. The van der Waals surface area contributed by atoms with Crippen molar-refractivity contribution in [1.82, 2.24) is 0 Å². The molecule has 0 amide bonds. The molecule has 0 heteroatoms. The van der Waals surface area contributed by atoms with Crippen LogP contribution in [0.4, 0.5) is 0 Å². The van der Waals surface area contributed by atoms with Crippen molar-refractivity contribution >= 4 is 16.3 Å². The van der Waals surface area contributed by atoms with Gasteiger partial charge in [-0.1, -0.05) is 49.4 Å². The number of benzene rings is 2. The second kappa shape index (κ2) is 4.31. The van der Waals surface area contributed by atoms with Crippen molar-refractivity contribution < 1.29 is 0 Å². The summed E-state index contributed by atoms with van der Waals surface area (Å²) in [5, 5.41) is 2.63. The van der Waals surface area contributed by atoms with Gasteiger partial charge in [0.2, 0.25) is 0 Å². The van der Waals surface area contributed by atoms with Crippen LogP contribution in [0.1, 0.15) is 25.8 Å². The number of hydrogen-bond donors (Lipinski definition) is 0. The first kappa shape index (κ1) is 9.97. The standard InChI is InChI=1S/C15H16/c1-3-6-12(2)14-10-9-13-7-4-5-8-15(13)11-14/h4-11H,3H2,1-2H3/b12-6+. The van der Waals surface area contributed by atoms with Gasteiger partial charge in [-0.3, -0.25) is 0 Å². The summed E-state index contributed by atoms with van der Waals surface area (Å²) in [6, 6.07) is 15.1. The van der Waals surface area contributed by atoms with Crippen LogP contribution in [0.25, 0.3) is 16.3 Å². The lowest BCUT2D eigenvalue weighted by Crippen LogP contribution is -1.80. The molecular formula is C15H16. The summed E-state index contributed by atoms with van der Waals surface area (Å²) in [5.41, 5.74) is 2.69. The molecule has 2 aromatic carbocycles. The van der Waals surface area contributed by atoms with Gasteiger partial charge >= 0.3 is 0 Å². The molecule has 15 heavy (non-hydrogen) atoms. The van der Waals surface area contributed by atoms with Crippen LogP contribution in [0.5, 0.6) is 0 Å². The Kier molecular flexibility index (Phi) is 2.86. The quantitative estimate of drug-likeness (QED) is 0.655. The Hall–Kier alpha value is -1.56. The zero-order chi connectivity index (χ0) is 10.7. The fraction of sp³-hybridized carbons (Fsp3) is 0.200. The highest BCUT2D eigenvalue weighted by Crippen LogP contribution is 2.20. The highest BCUT2D eigenvalue weighted by molar-refractivity contribution is 5.86. The molecule has 0 N–H and O–H groups in total. The molecule has 0 fully saturated rings. The van der Waals surface area contributed by atoms with Crippen molar-refractivity contribution in [2.75, 3.05) is 0 Å². The molecule has 0 spiro atoms. The van der Waals surface area contributed by atoms with Crippen LogP contribution in [0, 0.1) is 0 Å². The summed E-state index contributed by atoms with van der Waals surface area (Å²) in [5.74, 6) is 0. The normalized spacial score (nSPS) is 12.0. The Balaban J connectivity index is 2.51. The zero-order valence-electron chi connectivity index (χ0n) is 9.33. The Morgan fingerprint density at radius 2 is 1.80 bits per heavy atom. The lowest BCUT2D eigenvalue weighted by atomic mass is 10.0. The Labute approximate surface area is 91.2 Å². The molecule has 76 valence electrons. The van der Waals surface area contributed by atoms with E-state index in [1.165, 1.54) is 21.9 Å². The molecule has 2 aromatic rings. The van der Waals surface area contributed by atoms with Crippen molar-refractivity contribution in [3.63, 3.8) is 0 Å². The van der Waals surface area contributed by atoms with Gasteiger partial charge < -0.3 is 0 Å². The number of allylic oxidation sites excluding steroid dienone is 2. The molecule has 0 bridgehead atoms. The van der Waals surface area contributed by atoms with E-state index in [0.717, 1.165) is 6.42 Å². The van der Waals surface area contributed by atoms with E-state index in [1.807, 2.05) is 0 Å². The van der Waals surface area contributed by atoms with Crippen LogP contribution in [-0.4, -0.2) is 0 Å². The van der Waals surface area contributed by atoms with Gasteiger partial charge in [0.05, 0.1) is 0 Å². The maximum atomic E-state index is 2.27. The summed E-state index contributed by atoms with van der Waals surface area (Å²) in [6.07, 6.45) is 3.36. The van der Waals surface area contributed by atoms with E-state index in [-0.39, 0.29) is 0 Å². The lowest BCUT2D eigenvalue weighted by molar-refractivity contribution is 1.22. The largest absolute Gasteiger partial charge is 0.0813 e. The van der Waals surface area contributed by atoms with E-state index in [0.29, 0.717) is 0 Å². The summed E-state index contributed by atoms with van der Waals surface area (Å²) >= 11 is 0. The Morgan fingerprint density at radius 1 is 1.07 bits per heavy atom. The van der Waals surface area contributed by atoms with Crippen molar-refractivity contribution in [1.29, 1.82) is 0 Å². The predicted octanol–water partition coefficient (Wildman–Crippen LogP) is 4.65. The predicted molar refractivity (Wildman–Crippen MR) is 67.9 cm³/mol. The van der Waals surface area contributed by atoms with Gasteiger partial charge in [-0.2, -0.15) is 0 Å². The number of hydrogen-bond acceptors (Lipinski definition) is 0. The summed E-state index contributed by atoms with van der Waals surface area (Å²) in [4.78, 5) is 0. The summed E-state index contributed by atoms with van der Waals surface area (Å²) in [6.45, 7) is 4.35. The first-order valence-electron chi connectivity index (χ1n) is 5.47. The van der Waals surface area contributed by atoms with Gasteiger partial charge in [-0.05, 0) is 41.3 Å². The average molecular weight is 196 g/mol. The van der Waals surface area contributed by atoms with E-state index in [1.54, 1.807) is 0 Å². The molecule has 2 rings (SSSR count). The fourth-order valence-corrected chi connectivity index (χ4v) is 1.86. The SMILES string of the molecule is CC/C=C(\C)c1ccc2ccccc2c1. The maximum Gasteiger partial charge on any atom is -0.0178 e. The smallest absolute Gasteiger partial charge is 0.0178 e. The third kappa shape index (κ3) is 2.10. The maximum absolute atomic E-state index is 2.27. The van der Waals surface area contributed by atoms with E-state index in [4.69, 9.17) is 0 Å². The Bertz CT molecular complexity index is 492. The highest BCUT2D eigenvalue weighted by Gasteiger charge is 1.97. The summed E-state index contributed by atoms with van der Waals surface area (Å²) in [7, 11) is 0. The minimum absolute atomic E-state index is 1.10. The topological polar surface area (TPSA) is 0 Å². The molecule has 0 saturated carbocycles. The Morgan fingerprint density at radius 3 is 2.53 bits per heavy atom. The molecule has 0 unspecified atom stereocenters. The number of rotatable bonds is 2. The van der Waals surface area contributed by atoms with Crippen LogP contribution in [0.3, 0.4) is 0 Å². The van der Waals surface area contributed by atoms with Gasteiger partial charge in [0.1, 0.15) is 0 Å². The summed E-state index contributed by atoms with van der Waals surface area (Å²) < 4.78 is 0. The van der Waals surface area contributed by atoms with Crippen molar-refractivity contribution in [2.45, 2.75) is 20.3 Å². The zero-order valence-corrected chi connectivity index (χ0v) is 9.33. The molecule has 0 aliphatic rings. The van der Waals surface area contributed by atoms with E-state index >= 15 is 0 Å². The second-order valence-electron chi connectivity index (χ2n) is 3.86. The molecule has 0 heterocycles. The van der Waals surface area contributed by atoms with Crippen LogP contribution < -0.4 is 0 Å². The minimum Gasteiger partial charge on any atom is -0.0813 e. The molecule has 0 radical (unpaired) electrons. The lowest BCUT2D eigenvalue weighted by Gasteiger charge is -2.03. The molecule has 0 nitrogen and oxygen atoms in total.